The molecule has 112 valence electrons. The SMILES string of the molecule is CC1CCC(CNC(C)(C)C)(c2ccccc2Br)CC1. The number of benzene rings is 1. The Balaban J connectivity index is 2.27. The predicted molar refractivity (Wildman–Crippen MR) is 91.2 cm³/mol. The molecule has 1 aromatic carbocycles. The molecular formula is C18H28BrN. The third-order valence-electron chi connectivity index (χ3n) is 4.63. The van der Waals surface area contributed by atoms with E-state index in [0.29, 0.717) is 5.41 Å². The summed E-state index contributed by atoms with van der Waals surface area (Å²) in [6, 6.07) is 8.79. The van der Waals surface area contributed by atoms with Gasteiger partial charge in [-0.15, -0.1) is 0 Å². The topological polar surface area (TPSA) is 12.0 Å². The Kier molecular flexibility index (Phi) is 4.96. The third-order valence-corrected chi connectivity index (χ3v) is 5.33. The van der Waals surface area contributed by atoms with Gasteiger partial charge in [0.1, 0.15) is 0 Å². The highest BCUT2D eigenvalue weighted by Gasteiger charge is 2.37. The highest BCUT2D eigenvalue weighted by atomic mass is 79.9. The summed E-state index contributed by atoms with van der Waals surface area (Å²) in [6.45, 7) is 10.2. The minimum absolute atomic E-state index is 0.178. The van der Waals surface area contributed by atoms with E-state index in [1.54, 1.807) is 0 Å². The number of hydrogen-bond acceptors (Lipinski definition) is 1. The van der Waals surface area contributed by atoms with E-state index in [-0.39, 0.29) is 5.54 Å². The first-order valence-electron chi connectivity index (χ1n) is 7.82. The highest BCUT2D eigenvalue weighted by molar-refractivity contribution is 9.10. The molecule has 1 fully saturated rings. The molecule has 0 aliphatic heterocycles. The van der Waals surface area contributed by atoms with Gasteiger partial charge in [0.2, 0.25) is 0 Å². The molecule has 2 rings (SSSR count). The first-order valence-corrected chi connectivity index (χ1v) is 8.62. The van der Waals surface area contributed by atoms with Crippen LogP contribution in [0.2, 0.25) is 0 Å². The van der Waals surface area contributed by atoms with Crippen molar-refractivity contribution in [2.24, 2.45) is 5.92 Å². The third kappa shape index (κ3) is 3.85. The van der Waals surface area contributed by atoms with Crippen molar-refractivity contribution in [1.29, 1.82) is 0 Å². The summed E-state index contributed by atoms with van der Waals surface area (Å²) in [7, 11) is 0. The molecule has 0 atom stereocenters. The van der Waals surface area contributed by atoms with Gasteiger partial charge in [0, 0.05) is 22.0 Å². The van der Waals surface area contributed by atoms with Crippen LogP contribution in [0.3, 0.4) is 0 Å². The number of hydrogen-bond donors (Lipinski definition) is 1. The van der Waals surface area contributed by atoms with Crippen molar-refractivity contribution in [2.45, 2.75) is 64.3 Å². The van der Waals surface area contributed by atoms with Gasteiger partial charge in [-0.1, -0.05) is 41.1 Å². The van der Waals surface area contributed by atoms with E-state index in [2.05, 4.69) is 73.2 Å². The molecule has 0 bridgehead atoms. The molecule has 1 aliphatic carbocycles. The van der Waals surface area contributed by atoms with E-state index in [0.717, 1.165) is 12.5 Å². The fourth-order valence-corrected chi connectivity index (χ4v) is 3.89. The second kappa shape index (κ2) is 6.19. The van der Waals surface area contributed by atoms with E-state index < -0.39 is 0 Å². The summed E-state index contributed by atoms with van der Waals surface area (Å²) in [5.74, 6) is 0.875. The normalized spacial score (nSPS) is 27.6. The van der Waals surface area contributed by atoms with Crippen LogP contribution in [0.5, 0.6) is 0 Å². The van der Waals surface area contributed by atoms with Gasteiger partial charge in [0.25, 0.3) is 0 Å². The molecular weight excluding hydrogens is 310 g/mol. The predicted octanol–water partition coefficient (Wildman–Crippen LogP) is 5.29. The van der Waals surface area contributed by atoms with E-state index in [1.165, 1.54) is 35.7 Å². The van der Waals surface area contributed by atoms with Crippen LogP contribution in [0.4, 0.5) is 0 Å². The zero-order chi connectivity index (χ0) is 14.8. The molecule has 1 aliphatic rings. The maximum absolute atomic E-state index is 3.77. The minimum atomic E-state index is 0.178. The molecule has 2 heteroatoms. The molecule has 0 radical (unpaired) electrons. The van der Waals surface area contributed by atoms with Crippen LogP contribution in [0.15, 0.2) is 28.7 Å². The van der Waals surface area contributed by atoms with Gasteiger partial charge in [-0.25, -0.2) is 0 Å². The molecule has 1 N–H and O–H groups in total. The number of nitrogens with one attached hydrogen (secondary N) is 1. The second-order valence-electron chi connectivity index (χ2n) is 7.55. The van der Waals surface area contributed by atoms with Gasteiger partial charge < -0.3 is 5.32 Å². The summed E-state index contributed by atoms with van der Waals surface area (Å²) in [6.07, 6.45) is 5.26. The summed E-state index contributed by atoms with van der Waals surface area (Å²) >= 11 is 3.77. The standard InChI is InChI=1S/C18H28BrN/c1-14-9-11-18(12-10-14,13-20-17(2,3)4)15-7-5-6-8-16(15)19/h5-8,14,20H,9-13H2,1-4H3. The summed E-state index contributed by atoms with van der Waals surface area (Å²) in [5.41, 5.74) is 1.96. The van der Waals surface area contributed by atoms with Gasteiger partial charge in [-0.3, -0.25) is 0 Å². The highest BCUT2D eigenvalue weighted by Crippen LogP contribution is 2.43. The van der Waals surface area contributed by atoms with Gasteiger partial charge >= 0.3 is 0 Å². The molecule has 1 nitrogen and oxygen atoms in total. The lowest BCUT2D eigenvalue weighted by Gasteiger charge is -2.42. The first-order chi connectivity index (χ1) is 9.32. The molecule has 0 saturated heterocycles. The zero-order valence-corrected chi connectivity index (χ0v) is 14.9. The largest absolute Gasteiger partial charge is 0.311 e. The summed E-state index contributed by atoms with van der Waals surface area (Å²) < 4.78 is 1.27. The molecule has 1 saturated carbocycles. The molecule has 0 amide bonds. The van der Waals surface area contributed by atoms with Gasteiger partial charge in [-0.2, -0.15) is 0 Å². The van der Waals surface area contributed by atoms with Gasteiger partial charge in [0.15, 0.2) is 0 Å². The van der Waals surface area contributed by atoms with Crippen LogP contribution in [0.1, 0.15) is 58.9 Å². The van der Waals surface area contributed by atoms with Crippen LogP contribution in [0, 0.1) is 5.92 Å². The number of halogens is 1. The van der Waals surface area contributed by atoms with E-state index >= 15 is 0 Å². The lowest BCUT2D eigenvalue weighted by Crippen LogP contribution is -2.47. The maximum Gasteiger partial charge on any atom is 0.0213 e. The van der Waals surface area contributed by atoms with Crippen molar-refractivity contribution in [3.8, 4) is 0 Å². The Morgan fingerprint density at radius 1 is 1.20 bits per heavy atom. The average molecular weight is 338 g/mol. The fraction of sp³-hybridized carbons (Fsp3) is 0.667. The quantitative estimate of drug-likeness (QED) is 0.790. The van der Waals surface area contributed by atoms with Crippen molar-refractivity contribution in [1.82, 2.24) is 5.32 Å². The molecule has 0 unspecified atom stereocenters. The molecule has 1 aromatic rings. The van der Waals surface area contributed by atoms with Gasteiger partial charge in [0.05, 0.1) is 0 Å². The Morgan fingerprint density at radius 2 is 1.80 bits per heavy atom. The van der Waals surface area contributed by atoms with Crippen LogP contribution in [0.25, 0.3) is 0 Å². The minimum Gasteiger partial charge on any atom is -0.311 e. The van der Waals surface area contributed by atoms with Gasteiger partial charge in [-0.05, 0) is 64.0 Å². The zero-order valence-electron chi connectivity index (χ0n) is 13.3. The van der Waals surface area contributed by atoms with Crippen LogP contribution < -0.4 is 5.32 Å². The van der Waals surface area contributed by atoms with Crippen molar-refractivity contribution >= 4 is 15.9 Å². The fourth-order valence-electron chi connectivity index (χ4n) is 3.18. The summed E-state index contributed by atoms with van der Waals surface area (Å²) in [5, 5.41) is 3.75. The van der Waals surface area contributed by atoms with Crippen molar-refractivity contribution in [3.05, 3.63) is 34.3 Å². The molecule has 0 heterocycles. The second-order valence-corrected chi connectivity index (χ2v) is 8.40. The van der Waals surface area contributed by atoms with E-state index in [4.69, 9.17) is 0 Å². The van der Waals surface area contributed by atoms with E-state index in [1.807, 2.05) is 0 Å². The van der Waals surface area contributed by atoms with Crippen LogP contribution in [-0.4, -0.2) is 12.1 Å². The monoisotopic (exact) mass is 337 g/mol. The Morgan fingerprint density at radius 3 is 2.35 bits per heavy atom. The van der Waals surface area contributed by atoms with Crippen molar-refractivity contribution in [3.63, 3.8) is 0 Å². The molecule has 0 aromatic heterocycles. The molecule has 20 heavy (non-hydrogen) atoms. The Bertz CT molecular complexity index is 439. The first kappa shape index (κ1) is 16.0. The lowest BCUT2D eigenvalue weighted by molar-refractivity contribution is 0.216. The Labute approximate surface area is 132 Å². The molecule has 0 spiro atoms. The van der Waals surface area contributed by atoms with Crippen LogP contribution >= 0.6 is 15.9 Å². The maximum atomic E-state index is 3.77. The number of rotatable bonds is 3. The van der Waals surface area contributed by atoms with E-state index in [9.17, 15) is 0 Å². The lowest BCUT2D eigenvalue weighted by atomic mass is 9.66. The van der Waals surface area contributed by atoms with Crippen LogP contribution in [-0.2, 0) is 5.41 Å². The average Bonchev–Trinajstić information content (AvgIpc) is 2.39. The van der Waals surface area contributed by atoms with Crippen molar-refractivity contribution in [2.75, 3.05) is 6.54 Å². The smallest absolute Gasteiger partial charge is 0.0213 e. The Hall–Kier alpha value is -0.340. The summed E-state index contributed by atoms with van der Waals surface area (Å²) in [4.78, 5) is 0. The van der Waals surface area contributed by atoms with Crippen molar-refractivity contribution < 1.29 is 0 Å².